The van der Waals surface area contributed by atoms with Crippen LogP contribution in [0.15, 0.2) is 36.7 Å². The van der Waals surface area contributed by atoms with Crippen LogP contribution in [0, 0.1) is 17.3 Å². The summed E-state index contributed by atoms with van der Waals surface area (Å²) in [5, 5.41) is 16.3. The van der Waals surface area contributed by atoms with Crippen molar-refractivity contribution in [1.29, 1.82) is 5.26 Å². The highest BCUT2D eigenvalue weighted by molar-refractivity contribution is 5.96. The van der Waals surface area contributed by atoms with Crippen LogP contribution in [0.4, 0.5) is 8.78 Å². The van der Waals surface area contributed by atoms with Crippen molar-refractivity contribution in [3.8, 4) is 6.19 Å². The maximum absolute atomic E-state index is 14.1. The van der Waals surface area contributed by atoms with Gasteiger partial charge < -0.3 is 4.90 Å². The maximum Gasteiger partial charge on any atom is 0.264 e. The van der Waals surface area contributed by atoms with E-state index in [9.17, 15) is 13.6 Å². The highest BCUT2D eigenvalue weighted by atomic mass is 19.1. The summed E-state index contributed by atoms with van der Waals surface area (Å²) in [5.74, 6) is -0.894. The maximum atomic E-state index is 14.1. The fourth-order valence-electron chi connectivity index (χ4n) is 4.09. The molecule has 9 heteroatoms. The lowest BCUT2D eigenvalue weighted by molar-refractivity contribution is 0.0721. The number of carbonyl (C=O) groups is 1. The van der Waals surface area contributed by atoms with Gasteiger partial charge in [0.25, 0.3) is 5.91 Å². The van der Waals surface area contributed by atoms with Gasteiger partial charge in [0.05, 0.1) is 17.8 Å². The summed E-state index contributed by atoms with van der Waals surface area (Å²) in [5.41, 5.74) is 1.23. The molecule has 166 valence electrons. The summed E-state index contributed by atoms with van der Waals surface area (Å²) >= 11 is 0. The molecule has 0 atom stereocenters. The third-order valence-corrected chi connectivity index (χ3v) is 5.99. The topological polar surface area (TPSA) is 86.8 Å². The van der Waals surface area contributed by atoms with Crippen LogP contribution in [0.1, 0.15) is 41.4 Å². The molecule has 2 aromatic heterocycles. The number of halogens is 2. The van der Waals surface area contributed by atoms with Crippen molar-refractivity contribution >= 4 is 16.8 Å². The summed E-state index contributed by atoms with van der Waals surface area (Å²) in [6.07, 6.45) is 5.95. The number of nitrogens with zero attached hydrogens (tertiary/aromatic N) is 5. The van der Waals surface area contributed by atoms with Gasteiger partial charge in [-0.3, -0.25) is 19.8 Å². The molecule has 4 rings (SSSR count). The summed E-state index contributed by atoms with van der Waals surface area (Å²) in [6, 6.07) is 6.07. The van der Waals surface area contributed by atoms with Crippen LogP contribution < -0.4 is 5.32 Å². The van der Waals surface area contributed by atoms with Crippen LogP contribution in [0.2, 0.25) is 0 Å². The van der Waals surface area contributed by atoms with Crippen molar-refractivity contribution in [3.63, 3.8) is 0 Å². The average Bonchev–Trinajstić information content (AvgIpc) is 3.10. The van der Waals surface area contributed by atoms with Crippen LogP contribution in [0.3, 0.4) is 0 Å². The summed E-state index contributed by atoms with van der Waals surface area (Å²) in [7, 11) is 0. The molecule has 0 bridgehead atoms. The number of piperidine rings is 1. The zero-order valence-electron chi connectivity index (χ0n) is 17.8. The Morgan fingerprint density at radius 1 is 1.28 bits per heavy atom. The van der Waals surface area contributed by atoms with Gasteiger partial charge >= 0.3 is 0 Å². The number of pyridine rings is 1. The Hall–Kier alpha value is -3.38. The van der Waals surface area contributed by atoms with Crippen molar-refractivity contribution in [2.24, 2.45) is 0 Å². The lowest BCUT2D eigenvalue weighted by atomic mass is 9.96. The predicted octanol–water partition coefficient (Wildman–Crippen LogP) is 3.20. The molecule has 3 aromatic rings. The van der Waals surface area contributed by atoms with E-state index in [4.69, 9.17) is 10.4 Å². The molecular weight excluding hydrogens is 414 g/mol. The number of rotatable bonds is 6. The Morgan fingerprint density at radius 3 is 2.81 bits per heavy atom. The van der Waals surface area contributed by atoms with E-state index in [1.807, 2.05) is 4.68 Å². The first-order valence-electron chi connectivity index (χ1n) is 10.5. The normalized spacial score (nSPS) is 16.1. The largest absolute Gasteiger partial charge is 0.301 e. The zero-order valence-corrected chi connectivity index (χ0v) is 17.8. The minimum atomic E-state index is -1.10. The Labute approximate surface area is 184 Å². The molecule has 1 amide bonds. The quantitative estimate of drug-likeness (QED) is 0.472. The smallest absolute Gasteiger partial charge is 0.264 e. The van der Waals surface area contributed by atoms with E-state index in [0.29, 0.717) is 61.2 Å². The lowest BCUT2D eigenvalue weighted by Gasteiger charge is -2.34. The molecule has 0 radical (unpaired) electrons. The SMILES string of the molecule is CC1(F)CCN(CCn2nc(Cc3cnccc3C(=O)NC#N)c3cc(F)ccc32)CC1. The Balaban J connectivity index is 1.59. The van der Waals surface area contributed by atoms with Crippen molar-refractivity contribution in [3.05, 3.63) is 59.3 Å². The van der Waals surface area contributed by atoms with Crippen LogP contribution in [0.5, 0.6) is 0 Å². The standard InChI is InChI=1S/C23H24F2N6O/c1-23(25)5-8-30(9-6-23)10-11-31-21-3-2-17(24)13-19(21)20(29-31)12-16-14-27-7-4-18(16)22(32)28-15-26/h2-4,7,13-14H,5-6,8-12H2,1H3,(H,28,32). The Bertz CT molecular complexity index is 1170. The molecule has 7 nitrogen and oxygen atoms in total. The van der Waals surface area contributed by atoms with E-state index < -0.39 is 11.6 Å². The third kappa shape index (κ3) is 4.75. The molecule has 0 aliphatic carbocycles. The fourth-order valence-corrected chi connectivity index (χ4v) is 4.09. The van der Waals surface area contributed by atoms with Gasteiger partial charge in [-0.1, -0.05) is 0 Å². The van der Waals surface area contributed by atoms with Crippen LogP contribution in [-0.4, -0.2) is 50.9 Å². The van der Waals surface area contributed by atoms with Gasteiger partial charge in [-0.2, -0.15) is 10.4 Å². The molecular formula is C23H24F2N6O. The molecule has 1 aromatic carbocycles. The zero-order chi connectivity index (χ0) is 22.7. The number of carbonyl (C=O) groups excluding carboxylic acids is 1. The van der Waals surface area contributed by atoms with Crippen molar-refractivity contribution in [1.82, 2.24) is 25.0 Å². The molecule has 1 N–H and O–H groups in total. The molecule has 1 aliphatic heterocycles. The van der Waals surface area contributed by atoms with Gasteiger partial charge in [-0.05, 0) is 49.6 Å². The lowest BCUT2D eigenvalue weighted by Crippen LogP contribution is -2.41. The van der Waals surface area contributed by atoms with Crippen molar-refractivity contribution in [2.45, 2.75) is 38.4 Å². The molecule has 0 unspecified atom stereocenters. The van der Waals surface area contributed by atoms with Crippen LogP contribution in [-0.2, 0) is 13.0 Å². The molecule has 1 aliphatic rings. The molecule has 1 fully saturated rings. The van der Waals surface area contributed by atoms with E-state index >= 15 is 0 Å². The summed E-state index contributed by atoms with van der Waals surface area (Å²) in [6.45, 7) is 4.34. The number of aromatic nitrogens is 3. The van der Waals surface area contributed by atoms with Crippen LogP contribution >= 0.6 is 0 Å². The number of nitrogens with one attached hydrogen (secondary N) is 1. The van der Waals surface area contributed by atoms with E-state index in [1.54, 1.807) is 25.4 Å². The van der Waals surface area contributed by atoms with Crippen LogP contribution in [0.25, 0.3) is 10.9 Å². The Morgan fingerprint density at radius 2 is 2.06 bits per heavy atom. The first kappa shape index (κ1) is 21.8. The van der Waals surface area contributed by atoms with Gasteiger partial charge in [0, 0.05) is 49.4 Å². The molecule has 0 spiro atoms. The molecule has 1 saturated heterocycles. The summed E-state index contributed by atoms with van der Waals surface area (Å²) < 4.78 is 29.9. The van der Waals surface area contributed by atoms with Gasteiger partial charge in [0.15, 0.2) is 6.19 Å². The number of fused-ring (bicyclic) bond motifs is 1. The average molecular weight is 438 g/mol. The number of benzene rings is 1. The molecule has 32 heavy (non-hydrogen) atoms. The number of nitriles is 1. The number of hydrogen-bond acceptors (Lipinski definition) is 5. The number of hydrogen-bond donors (Lipinski definition) is 1. The van der Waals surface area contributed by atoms with E-state index in [-0.39, 0.29) is 12.2 Å². The van der Waals surface area contributed by atoms with E-state index in [0.717, 1.165) is 5.52 Å². The highest BCUT2D eigenvalue weighted by Gasteiger charge is 2.29. The Kier molecular flexibility index (Phi) is 6.15. The van der Waals surface area contributed by atoms with Gasteiger partial charge in [0.1, 0.15) is 11.5 Å². The highest BCUT2D eigenvalue weighted by Crippen LogP contribution is 2.26. The van der Waals surface area contributed by atoms with Crippen molar-refractivity contribution < 1.29 is 13.6 Å². The fraction of sp³-hybridized carbons (Fsp3) is 0.391. The number of alkyl halides is 1. The minimum absolute atomic E-state index is 0.263. The van der Waals surface area contributed by atoms with Gasteiger partial charge in [-0.25, -0.2) is 8.78 Å². The number of amides is 1. The first-order valence-corrected chi connectivity index (χ1v) is 10.5. The number of likely N-dealkylation sites (tertiary alicyclic amines) is 1. The second kappa shape index (κ2) is 9.01. The van der Waals surface area contributed by atoms with Gasteiger partial charge in [-0.15, -0.1) is 0 Å². The third-order valence-electron chi connectivity index (χ3n) is 5.99. The van der Waals surface area contributed by atoms with Crippen molar-refractivity contribution in [2.75, 3.05) is 19.6 Å². The second-order valence-corrected chi connectivity index (χ2v) is 8.36. The van der Waals surface area contributed by atoms with Gasteiger partial charge in [0.2, 0.25) is 0 Å². The first-order chi connectivity index (χ1) is 15.4. The molecule has 0 saturated carbocycles. The molecule has 3 heterocycles. The second-order valence-electron chi connectivity index (χ2n) is 8.36. The predicted molar refractivity (Wildman–Crippen MR) is 115 cm³/mol. The monoisotopic (exact) mass is 438 g/mol. The summed E-state index contributed by atoms with van der Waals surface area (Å²) in [4.78, 5) is 18.5. The minimum Gasteiger partial charge on any atom is -0.301 e. The van der Waals surface area contributed by atoms with E-state index in [2.05, 4.69) is 15.2 Å². The van der Waals surface area contributed by atoms with E-state index in [1.165, 1.54) is 24.4 Å².